The molecule has 0 spiro atoms. The molecule has 112 valence electrons. The second-order valence-electron chi connectivity index (χ2n) is 4.60. The van der Waals surface area contributed by atoms with Gasteiger partial charge in [0.05, 0.1) is 5.69 Å². The van der Waals surface area contributed by atoms with Crippen LogP contribution in [0.25, 0.3) is 0 Å². The fourth-order valence-corrected chi connectivity index (χ4v) is 1.83. The molecule has 3 aromatic rings. The van der Waals surface area contributed by atoms with Gasteiger partial charge in [0.1, 0.15) is 5.82 Å². The highest BCUT2D eigenvalue weighted by atomic mass is 16.1. The van der Waals surface area contributed by atoms with Crippen molar-refractivity contribution in [3.05, 3.63) is 78.6 Å². The van der Waals surface area contributed by atoms with Crippen LogP contribution in [0.1, 0.15) is 10.4 Å². The molecule has 0 aliphatic carbocycles. The lowest BCUT2D eigenvalue weighted by Crippen LogP contribution is -2.12. The Kier molecular flexibility index (Phi) is 4.44. The van der Waals surface area contributed by atoms with Crippen LogP contribution in [0.15, 0.2) is 83.3 Å². The number of nitrogens with zero attached hydrogens (tertiary/aromatic N) is 4. The Balaban J connectivity index is 1.67. The summed E-state index contributed by atoms with van der Waals surface area (Å²) in [7, 11) is 0. The van der Waals surface area contributed by atoms with Crippen molar-refractivity contribution in [1.29, 1.82) is 0 Å². The molecular formula is C17H13N5O. The number of aromatic nitrogens is 2. The number of nitrogens with one attached hydrogen (secondary N) is 1. The summed E-state index contributed by atoms with van der Waals surface area (Å²) in [5.74, 6) is 0.817. The van der Waals surface area contributed by atoms with Gasteiger partial charge in [-0.2, -0.15) is 0 Å². The first-order valence-corrected chi connectivity index (χ1v) is 6.96. The van der Waals surface area contributed by atoms with Crippen LogP contribution < -0.4 is 5.32 Å². The van der Waals surface area contributed by atoms with Crippen LogP contribution >= 0.6 is 0 Å². The van der Waals surface area contributed by atoms with Gasteiger partial charge in [-0.15, -0.1) is 10.2 Å². The maximum absolute atomic E-state index is 12.1. The molecule has 0 unspecified atom stereocenters. The van der Waals surface area contributed by atoms with Crippen molar-refractivity contribution < 1.29 is 4.79 Å². The van der Waals surface area contributed by atoms with E-state index in [-0.39, 0.29) is 5.91 Å². The summed E-state index contributed by atoms with van der Waals surface area (Å²) < 4.78 is 0. The molecule has 1 N–H and O–H groups in total. The Morgan fingerprint density at radius 3 is 2.22 bits per heavy atom. The zero-order chi connectivity index (χ0) is 15.9. The van der Waals surface area contributed by atoms with Crippen LogP contribution in [-0.2, 0) is 0 Å². The Morgan fingerprint density at radius 2 is 1.57 bits per heavy atom. The van der Waals surface area contributed by atoms with Gasteiger partial charge in [-0.3, -0.25) is 4.79 Å². The summed E-state index contributed by atoms with van der Waals surface area (Å²) in [5, 5.41) is 10.8. The van der Waals surface area contributed by atoms with Crippen LogP contribution in [-0.4, -0.2) is 15.9 Å². The topological polar surface area (TPSA) is 79.6 Å². The van der Waals surface area contributed by atoms with Gasteiger partial charge in [-0.05, 0) is 48.5 Å². The number of azo groups is 1. The maximum atomic E-state index is 12.1. The highest BCUT2D eigenvalue weighted by Crippen LogP contribution is 2.17. The lowest BCUT2D eigenvalue weighted by Gasteiger charge is -2.03. The van der Waals surface area contributed by atoms with Gasteiger partial charge < -0.3 is 5.32 Å². The number of carbonyl (C=O) groups is 1. The number of rotatable bonds is 4. The van der Waals surface area contributed by atoms with Gasteiger partial charge in [-0.25, -0.2) is 9.97 Å². The number of anilines is 1. The molecule has 6 nitrogen and oxygen atoms in total. The molecule has 0 saturated carbocycles. The molecule has 0 aliphatic rings. The van der Waals surface area contributed by atoms with Gasteiger partial charge in [0.25, 0.3) is 5.91 Å². The Hall–Kier alpha value is -3.41. The van der Waals surface area contributed by atoms with Crippen molar-refractivity contribution in [3.8, 4) is 0 Å². The first kappa shape index (κ1) is 14.5. The number of hydrogen-bond donors (Lipinski definition) is 1. The van der Waals surface area contributed by atoms with E-state index in [1.54, 1.807) is 54.9 Å². The first-order valence-electron chi connectivity index (χ1n) is 6.96. The second kappa shape index (κ2) is 7.04. The van der Waals surface area contributed by atoms with Gasteiger partial charge in [-0.1, -0.05) is 12.1 Å². The molecule has 0 saturated heterocycles. The summed E-state index contributed by atoms with van der Waals surface area (Å²) in [4.78, 5) is 20.2. The lowest BCUT2D eigenvalue weighted by atomic mass is 10.2. The van der Waals surface area contributed by atoms with E-state index in [1.165, 1.54) is 0 Å². The standard InChI is InChI=1S/C17H13N5O/c23-17(20-15-5-1-3-11-18-15)13-7-9-14(10-8-13)21-22-16-6-2-4-12-19-16/h1-12H,(H,18,20,23). The van der Waals surface area contributed by atoms with E-state index in [0.29, 0.717) is 22.9 Å². The van der Waals surface area contributed by atoms with Crippen molar-refractivity contribution in [1.82, 2.24) is 9.97 Å². The summed E-state index contributed by atoms with van der Waals surface area (Å²) in [6.07, 6.45) is 3.27. The highest BCUT2D eigenvalue weighted by Gasteiger charge is 2.06. The molecule has 0 atom stereocenters. The number of pyridine rings is 2. The van der Waals surface area contributed by atoms with Crippen molar-refractivity contribution >= 4 is 23.2 Å². The number of carbonyl (C=O) groups excluding carboxylic acids is 1. The minimum atomic E-state index is -0.225. The first-order chi connectivity index (χ1) is 11.3. The predicted molar refractivity (Wildman–Crippen MR) is 87.0 cm³/mol. The maximum Gasteiger partial charge on any atom is 0.256 e. The number of amides is 1. The van der Waals surface area contributed by atoms with Crippen molar-refractivity contribution in [2.24, 2.45) is 10.2 Å². The second-order valence-corrected chi connectivity index (χ2v) is 4.60. The summed E-state index contributed by atoms with van der Waals surface area (Å²) >= 11 is 0. The zero-order valence-electron chi connectivity index (χ0n) is 12.1. The lowest BCUT2D eigenvalue weighted by molar-refractivity contribution is 0.102. The third kappa shape index (κ3) is 4.04. The molecule has 1 aromatic carbocycles. The van der Waals surface area contributed by atoms with Crippen LogP contribution in [0.5, 0.6) is 0 Å². The van der Waals surface area contributed by atoms with Gasteiger partial charge >= 0.3 is 0 Å². The molecule has 2 heterocycles. The normalized spacial score (nSPS) is 10.6. The van der Waals surface area contributed by atoms with E-state index >= 15 is 0 Å². The Morgan fingerprint density at radius 1 is 0.826 bits per heavy atom. The van der Waals surface area contributed by atoms with Gasteiger partial charge in [0.2, 0.25) is 0 Å². The highest BCUT2D eigenvalue weighted by molar-refractivity contribution is 6.03. The largest absolute Gasteiger partial charge is 0.307 e. The monoisotopic (exact) mass is 303 g/mol. The smallest absolute Gasteiger partial charge is 0.256 e. The van der Waals surface area contributed by atoms with E-state index in [2.05, 4.69) is 25.5 Å². The van der Waals surface area contributed by atoms with Crippen molar-refractivity contribution in [2.45, 2.75) is 0 Å². The molecular weight excluding hydrogens is 290 g/mol. The molecule has 0 fully saturated rings. The molecule has 0 bridgehead atoms. The zero-order valence-corrected chi connectivity index (χ0v) is 12.1. The molecule has 2 aromatic heterocycles. The van der Waals surface area contributed by atoms with Crippen molar-refractivity contribution in [2.75, 3.05) is 5.32 Å². The molecule has 0 aliphatic heterocycles. The summed E-state index contributed by atoms with van der Waals surface area (Å²) in [5.41, 5.74) is 1.16. The molecule has 0 radical (unpaired) electrons. The van der Waals surface area contributed by atoms with Gasteiger partial charge in [0, 0.05) is 18.0 Å². The Bertz CT molecular complexity index is 801. The minimum absolute atomic E-state index is 0.225. The Labute approximate surface area is 133 Å². The van der Waals surface area contributed by atoms with Crippen LogP contribution in [0.2, 0.25) is 0 Å². The quantitative estimate of drug-likeness (QED) is 0.735. The third-order valence-electron chi connectivity index (χ3n) is 2.95. The average Bonchev–Trinajstić information content (AvgIpc) is 2.62. The molecule has 1 amide bonds. The van der Waals surface area contributed by atoms with Crippen LogP contribution in [0.4, 0.5) is 17.3 Å². The minimum Gasteiger partial charge on any atom is -0.307 e. The van der Waals surface area contributed by atoms with E-state index in [9.17, 15) is 4.79 Å². The fourth-order valence-electron chi connectivity index (χ4n) is 1.83. The molecule has 6 heteroatoms. The number of benzene rings is 1. The van der Waals surface area contributed by atoms with E-state index in [1.807, 2.05) is 18.2 Å². The molecule has 3 rings (SSSR count). The summed E-state index contributed by atoms with van der Waals surface area (Å²) in [6, 6.07) is 17.6. The summed E-state index contributed by atoms with van der Waals surface area (Å²) in [6.45, 7) is 0. The van der Waals surface area contributed by atoms with Crippen LogP contribution in [0.3, 0.4) is 0 Å². The fraction of sp³-hybridized carbons (Fsp3) is 0. The van der Waals surface area contributed by atoms with E-state index in [4.69, 9.17) is 0 Å². The predicted octanol–water partition coefficient (Wildman–Crippen LogP) is 4.14. The van der Waals surface area contributed by atoms with Crippen molar-refractivity contribution in [3.63, 3.8) is 0 Å². The van der Waals surface area contributed by atoms with Gasteiger partial charge in [0.15, 0.2) is 5.82 Å². The third-order valence-corrected chi connectivity index (χ3v) is 2.95. The van der Waals surface area contributed by atoms with E-state index in [0.717, 1.165) is 0 Å². The average molecular weight is 303 g/mol. The van der Waals surface area contributed by atoms with E-state index < -0.39 is 0 Å². The number of hydrogen-bond acceptors (Lipinski definition) is 5. The SMILES string of the molecule is O=C(Nc1ccccn1)c1ccc(N=Nc2ccccn2)cc1. The van der Waals surface area contributed by atoms with Crippen LogP contribution in [0, 0.1) is 0 Å². The molecule has 23 heavy (non-hydrogen) atoms.